The van der Waals surface area contributed by atoms with Gasteiger partial charge >= 0.3 is 12.1 Å². The summed E-state index contributed by atoms with van der Waals surface area (Å²) < 4.78 is 37.8. The molecular weight excluding hydrogens is 295 g/mol. The number of aromatic nitrogens is 1. The molecule has 2 N–H and O–H groups in total. The summed E-state index contributed by atoms with van der Waals surface area (Å²) >= 11 is 0. The fourth-order valence-electron chi connectivity index (χ4n) is 2.36. The first-order valence-corrected chi connectivity index (χ1v) is 6.39. The van der Waals surface area contributed by atoms with E-state index in [1.54, 1.807) is 18.2 Å². The first-order valence-electron chi connectivity index (χ1n) is 6.39. The lowest BCUT2D eigenvalue weighted by Gasteiger charge is -2.08. The SMILES string of the molecule is O=C(O)c1cc2c(-c3ccc(C(F)(F)F)cc3)cccc2[nH]1. The lowest BCUT2D eigenvalue weighted by atomic mass is 10.0. The molecule has 1 aromatic heterocycles. The van der Waals surface area contributed by atoms with Crippen molar-refractivity contribution < 1.29 is 23.1 Å². The number of carboxylic acids is 1. The van der Waals surface area contributed by atoms with Gasteiger partial charge in [-0.1, -0.05) is 24.3 Å². The highest BCUT2D eigenvalue weighted by atomic mass is 19.4. The average Bonchev–Trinajstić information content (AvgIpc) is 2.90. The Bertz CT molecular complexity index is 848. The van der Waals surface area contributed by atoms with Gasteiger partial charge in [0.25, 0.3) is 0 Å². The van der Waals surface area contributed by atoms with Crippen molar-refractivity contribution >= 4 is 16.9 Å². The van der Waals surface area contributed by atoms with Crippen molar-refractivity contribution in [3.63, 3.8) is 0 Å². The van der Waals surface area contributed by atoms with Crippen molar-refractivity contribution in [1.82, 2.24) is 4.98 Å². The minimum Gasteiger partial charge on any atom is -0.477 e. The van der Waals surface area contributed by atoms with Crippen LogP contribution in [0.2, 0.25) is 0 Å². The van der Waals surface area contributed by atoms with Gasteiger partial charge in [-0.25, -0.2) is 4.79 Å². The lowest BCUT2D eigenvalue weighted by Crippen LogP contribution is -2.03. The molecule has 0 amide bonds. The Morgan fingerprint density at radius 3 is 2.32 bits per heavy atom. The standard InChI is InChI=1S/C16H10F3NO2/c17-16(18,19)10-6-4-9(5-7-10)11-2-1-3-13-12(11)8-14(20-13)15(21)22/h1-8,20H,(H,21,22). The molecule has 0 atom stereocenters. The summed E-state index contributed by atoms with van der Waals surface area (Å²) in [6, 6.07) is 11.4. The molecule has 0 bridgehead atoms. The number of aromatic amines is 1. The summed E-state index contributed by atoms with van der Waals surface area (Å²) in [6.07, 6.45) is -4.38. The maximum Gasteiger partial charge on any atom is 0.416 e. The van der Waals surface area contributed by atoms with Gasteiger partial charge in [0.05, 0.1) is 5.56 Å². The van der Waals surface area contributed by atoms with Crippen LogP contribution in [0.3, 0.4) is 0 Å². The second-order valence-electron chi connectivity index (χ2n) is 4.83. The van der Waals surface area contributed by atoms with E-state index in [9.17, 15) is 18.0 Å². The Balaban J connectivity index is 2.12. The summed E-state index contributed by atoms with van der Waals surface area (Å²) in [7, 11) is 0. The van der Waals surface area contributed by atoms with Crippen LogP contribution in [0.15, 0.2) is 48.5 Å². The summed E-state index contributed by atoms with van der Waals surface area (Å²) in [4.78, 5) is 13.8. The maximum absolute atomic E-state index is 12.6. The second-order valence-corrected chi connectivity index (χ2v) is 4.83. The monoisotopic (exact) mass is 305 g/mol. The molecule has 0 saturated heterocycles. The Morgan fingerprint density at radius 1 is 1.05 bits per heavy atom. The van der Waals surface area contributed by atoms with E-state index in [1.165, 1.54) is 18.2 Å². The highest BCUT2D eigenvalue weighted by Gasteiger charge is 2.30. The zero-order valence-corrected chi connectivity index (χ0v) is 11.1. The average molecular weight is 305 g/mol. The van der Waals surface area contributed by atoms with Crippen LogP contribution in [0, 0.1) is 0 Å². The van der Waals surface area contributed by atoms with Crippen molar-refractivity contribution in [2.45, 2.75) is 6.18 Å². The molecule has 2 aromatic carbocycles. The van der Waals surface area contributed by atoms with E-state index in [0.717, 1.165) is 12.1 Å². The third kappa shape index (κ3) is 2.43. The van der Waals surface area contributed by atoms with Crippen molar-refractivity contribution in [2.75, 3.05) is 0 Å². The molecule has 3 aromatic rings. The molecule has 6 heteroatoms. The Labute approximate surface area is 123 Å². The van der Waals surface area contributed by atoms with E-state index in [2.05, 4.69) is 4.98 Å². The zero-order chi connectivity index (χ0) is 15.9. The van der Waals surface area contributed by atoms with Gasteiger partial charge < -0.3 is 10.1 Å². The van der Waals surface area contributed by atoms with Crippen molar-refractivity contribution in [2.24, 2.45) is 0 Å². The van der Waals surface area contributed by atoms with Crippen molar-refractivity contribution in [1.29, 1.82) is 0 Å². The highest BCUT2D eigenvalue weighted by Crippen LogP contribution is 2.33. The fraction of sp³-hybridized carbons (Fsp3) is 0.0625. The maximum atomic E-state index is 12.6. The molecule has 0 radical (unpaired) electrons. The highest BCUT2D eigenvalue weighted by molar-refractivity contribution is 6.00. The third-order valence-electron chi connectivity index (χ3n) is 3.42. The molecule has 0 aliphatic heterocycles. The Hall–Kier alpha value is -2.76. The van der Waals surface area contributed by atoms with E-state index in [1.807, 2.05) is 0 Å². The number of H-pyrrole nitrogens is 1. The number of aromatic carboxylic acids is 1. The zero-order valence-electron chi connectivity index (χ0n) is 11.1. The van der Waals surface area contributed by atoms with Gasteiger partial charge in [-0.2, -0.15) is 13.2 Å². The molecule has 0 unspecified atom stereocenters. The summed E-state index contributed by atoms with van der Waals surface area (Å²) in [5, 5.41) is 9.67. The normalized spacial score (nSPS) is 11.8. The quantitative estimate of drug-likeness (QED) is 0.729. The molecule has 0 spiro atoms. The Kier molecular flexibility index (Phi) is 3.16. The first-order chi connectivity index (χ1) is 10.4. The number of fused-ring (bicyclic) bond motifs is 1. The summed E-state index contributed by atoms with van der Waals surface area (Å²) in [5.74, 6) is -1.09. The fourth-order valence-corrected chi connectivity index (χ4v) is 2.36. The molecule has 3 nitrogen and oxygen atoms in total. The van der Waals surface area contributed by atoms with Crippen LogP contribution in [-0.4, -0.2) is 16.1 Å². The number of hydrogen-bond donors (Lipinski definition) is 2. The van der Waals surface area contributed by atoms with Crippen LogP contribution in [0.1, 0.15) is 16.1 Å². The van der Waals surface area contributed by atoms with E-state index in [4.69, 9.17) is 5.11 Å². The molecule has 112 valence electrons. The summed E-state index contributed by atoms with van der Waals surface area (Å²) in [6.45, 7) is 0. The number of nitrogens with one attached hydrogen (secondary N) is 1. The predicted octanol–water partition coefficient (Wildman–Crippen LogP) is 4.55. The topological polar surface area (TPSA) is 53.1 Å². The van der Waals surface area contributed by atoms with Gasteiger partial charge in [0, 0.05) is 10.9 Å². The first kappa shape index (κ1) is 14.2. The molecule has 0 saturated carbocycles. The molecule has 0 aliphatic carbocycles. The molecule has 3 rings (SSSR count). The number of carboxylic acid groups (broad SMARTS) is 1. The van der Waals surface area contributed by atoms with Gasteiger partial charge in [-0.05, 0) is 35.4 Å². The number of benzene rings is 2. The van der Waals surface area contributed by atoms with E-state index in [-0.39, 0.29) is 5.69 Å². The summed E-state index contributed by atoms with van der Waals surface area (Å²) in [5.41, 5.74) is 1.21. The van der Waals surface area contributed by atoms with Crippen LogP contribution in [0.5, 0.6) is 0 Å². The van der Waals surface area contributed by atoms with Gasteiger partial charge in [0.15, 0.2) is 0 Å². The number of carbonyl (C=O) groups is 1. The van der Waals surface area contributed by atoms with Crippen LogP contribution < -0.4 is 0 Å². The lowest BCUT2D eigenvalue weighted by molar-refractivity contribution is -0.137. The number of rotatable bonds is 2. The van der Waals surface area contributed by atoms with E-state index < -0.39 is 17.7 Å². The minimum atomic E-state index is -4.38. The van der Waals surface area contributed by atoms with Crippen molar-refractivity contribution in [3.05, 3.63) is 59.8 Å². The predicted molar refractivity (Wildman–Crippen MR) is 75.7 cm³/mol. The van der Waals surface area contributed by atoms with Gasteiger partial charge in [0.1, 0.15) is 5.69 Å². The smallest absolute Gasteiger partial charge is 0.416 e. The third-order valence-corrected chi connectivity index (χ3v) is 3.42. The van der Waals surface area contributed by atoms with Gasteiger partial charge in [-0.15, -0.1) is 0 Å². The molecule has 0 fully saturated rings. The largest absolute Gasteiger partial charge is 0.477 e. The van der Waals surface area contributed by atoms with Crippen LogP contribution >= 0.6 is 0 Å². The molecular formula is C16H10F3NO2. The van der Waals surface area contributed by atoms with Crippen LogP contribution in [0.25, 0.3) is 22.0 Å². The van der Waals surface area contributed by atoms with Crippen LogP contribution in [-0.2, 0) is 6.18 Å². The number of hydrogen-bond acceptors (Lipinski definition) is 1. The molecule has 1 heterocycles. The minimum absolute atomic E-state index is 0.0364. The second kappa shape index (κ2) is 4.91. The van der Waals surface area contributed by atoms with E-state index in [0.29, 0.717) is 22.0 Å². The van der Waals surface area contributed by atoms with E-state index >= 15 is 0 Å². The number of halogens is 3. The number of alkyl halides is 3. The molecule has 0 aliphatic rings. The van der Waals surface area contributed by atoms with Crippen LogP contribution in [0.4, 0.5) is 13.2 Å². The molecule has 22 heavy (non-hydrogen) atoms. The van der Waals surface area contributed by atoms with Gasteiger partial charge in [-0.3, -0.25) is 0 Å². The van der Waals surface area contributed by atoms with Crippen molar-refractivity contribution in [3.8, 4) is 11.1 Å². The Morgan fingerprint density at radius 2 is 1.73 bits per heavy atom. The van der Waals surface area contributed by atoms with Gasteiger partial charge in [0.2, 0.25) is 0 Å².